The third-order valence-corrected chi connectivity index (χ3v) is 1.60. The Hall–Kier alpha value is -1.19. The van der Waals surface area contributed by atoms with Crippen LogP contribution < -0.4 is 0 Å². The predicted molar refractivity (Wildman–Crippen MR) is 47.1 cm³/mol. The molecule has 0 bridgehead atoms. The molecule has 0 saturated heterocycles. The molecule has 0 heterocycles. The number of carbonyl (C=O) groups is 1. The maximum Gasteiger partial charge on any atom is 0.308 e. The van der Waals surface area contributed by atoms with E-state index in [1.54, 1.807) is 13.8 Å². The molecule has 0 saturated carbocycles. The van der Waals surface area contributed by atoms with E-state index in [2.05, 4.69) is 4.99 Å². The fourth-order valence-electron chi connectivity index (χ4n) is 0.895. The topological polar surface area (TPSA) is 87.0 Å². The maximum absolute atomic E-state index is 10.5. The molecule has 13 heavy (non-hydrogen) atoms. The Bertz CT molecular complexity index is 187. The minimum atomic E-state index is -0.918. The van der Waals surface area contributed by atoms with Crippen molar-refractivity contribution in [3.8, 4) is 0 Å². The van der Waals surface area contributed by atoms with Crippen LogP contribution in [0.5, 0.6) is 0 Å². The predicted octanol–water partition coefficient (Wildman–Crippen LogP) is 0.430. The number of hydrogen-bond acceptors (Lipinski definition) is 4. The lowest BCUT2D eigenvalue weighted by Gasteiger charge is -2.11. The number of carboxylic acids is 1. The summed E-state index contributed by atoms with van der Waals surface area (Å²) in [4.78, 5) is 23.6. The third-order valence-electron chi connectivity index (χ3n) is 1.60. The molecule has 2 unspecified atom stereocenters. The summed E-state index contributed by atoms with van der Waals surface area (Å²) in [6.45, 7) is 3.34. The largest absolute Gasteiger partial charge is 0.481 e. The van der Waals surface area contributed by atoms with Gasteiger partial charge in [-0.15, -0.1) is 0 Å². The quantitative estimate of drug-likeness (QED) is 0.496. The van der Waals surface area contributed by atoms with Gasteiger partial charge in [0.05, 0.1) is 12.0 Å². The van der Waals surface area contributed by atoms with Crippen LogP contribution in [0.1, 0.15) is 20.3 Å². The molecule has 0 rings (SSSR count). The van der Waals surface area contributed by atoms with Crippen LogP contribution in [0.25, 0.3) is 0 Å². The molecule has 0 aliphatic carbocycles. The molecule has 0 aromatic heterocycles. The highest BCUT2D eigenvalue weighted by molar-refractivity contribution is 5.70. The number of aliphatic imine (C=N–C) groups is 1. The number of isocyanates is 1. The minimum absolute atomic E-state index is 0.474. The van der Waals surface area contributed by atoms with Gasteiger partial charge in [-0.1, -0.05) is 6.92 Å². The Kier molecular flexibility index (Phi) is 9.82. The molecule has 2 N–H and O–H groups in total. The van der Waals surface area contributed by atoms with E-state index in [9.17, 15) is 9.59 Å². The lowest BCUT2D eigenvalue weighted by molar-refractivity contribution is -0.142. The average molecular weight is 189 g/mol. The number of rotatable bonds is 4. The molecule has 0 aliphatic rings. The zero-order valence-electron chi connectivity index (χ0n) is 8.02. The van der Waals surface area contributed by atoms with Gasteiger partial charge in [0.15, 0.2) is 0 Å². The lowest BCUT2D eigenvalue weighted by Crippen LogP contribution is -2.23. The summed E-state index contributed by atoms with van der Waals surface area (Å²) in [7, 11) is 1.00. The molecule has 0 amide bonds. The van der Waals surface area contributed by atoms with Gasteiger partial charge >= 0.3 is 5.97 Å². The lowest BCUT2D eigenvalue weighted by atomic mass is 9.99. The summed E-state index contributed by atoms with van der Waals surface area (Å²) in [6.07, 6.45) is 1.82. The van der Waals surface area contributed by atoms with E-state index in [-0.39, 0.29) is 0 Å². The van der Waals surface area contributed by atoms with Crippen LogP contribution >= 0.6 is 0 Å². The van der Waals surface area contributed by atoms with Crippen LogP contribution in [-0.4, -0.2) is 35.4 Å². The van der Waals surface area contributed by atoms with Gasteiger partial charge < -0.3 is 10.2 Å². The number of carboxylic acid groups (broad SMARTS) is 1. The summed E-state index contributed by atoms with van der Waals surface area (Å²) in [6, 6.07) is -0.477. The highest BCUT2D eigenvalue weighted by Gasteiger charge is 2.21. The van der Waals surface area contributed by atoms with Crippen LogP contribution in [0.15, 0.2) is 4.99 Å². The Morgan fingerprint density at radius 1 is 1.54 bits per heavy atom. The van der Waals surface area contributed by atoms with Gasteiger partial charge in [0.2, 0.25) is 6.08 Å². The number of hydrogen-bond donors (Lipinski definition) is 2. The first kappa shape index (κ1) is 14.3. The average Bonchev–Trinajstić information content (AvgIpc) is 2.09. The van der Waals surface area contributed by atoms with E-state index in [0.29, 0.717) is 6.42 Å². The second kappa shape index (κ2) is 8.90. The number of carbonyl (C=O) groups excluding carboxylic acids is 1. The molecule has 0 radical (unpaired) electrons. The van der Waals surface area contributed by atoms with Crippen LogP contribution in [0, 0.1) is 5.92 Å². The van der Waals surface area contributed by atoms with Crippen molar-refractivity contribution in [1.82, 2.24) is 0 Å². The minimum Gasteiger partial charge on any atom is -0.481 e. The Morgan fingerprint density at radius 2 is 2.00 bits per heavy atom. The van der Waals surface area contributed by atoms with Gasteiger partial charge in [-0.05, 0) is 13.3 Å². The maximum atomic E-state index is 10.5. The fourth-order valence-corrected chi connectivity index (χ4v) is 0.895. The van der Waals surface area contributed by atoms with Crippen LogP contribution in [0.3, 0.4) is 0 Å². The standard InChI is InChI=1S/C7H11NO3.CH4O/c1-3-6(7(10)11)5(2)8-4-9;1-2/h5-6H,3H2,1-2H3,(H,10,11);2H,1H3. The van der Waals surface area contributed by atoms with Crippen molar-refractivity contribution in [1.29, 1.82) is 0 Å². The van der Waals surface area contributed by atoms with Crippen molar-refractivity contribution in [3.63, 3.8) is 0 Å². The van der Waals surface area contributed by atoms with E-state index in [0.717, 1.165) is 7.11 Å². The molecular formula is C8H15NO4. The molecule has 2 atom stereocenters. The van der Waals surface area contributed by atoms with Gasteiger partial charge in [0.25, 0.3) is 0 Å². The molecular weight excluding hydrogens is 174 g/mol. The van der Waals surface area contributed by atoms with Crippen molar-refractivity contribution in [3.05, 3.63) is 0 Å². The second-order valence-corrected chi connectivity index (χ2v) is 2.31. The van der Waals surface area contributed by atoms with Crippen molar-refractivity contribution >= 4 is 12.0 Å². The molecule has 0 aromatic rings. The third kappa shape index (κ3) is 6.02. The van der Waals surface area contributed by atoms with Gasteiger partial charge in [0.1, 0.15) is 0 Å². The second-order valence-electron chi connectivity index (χ2n) is 2.31. The molecule has 0 aliphatic heterocycles. The van der Waals surface area contributed by atoms with Crippen molar-refractivity contribution in [2.24, 2.45) is 10.9 Å². The number of aliphatic hydroxyl groups is 1. The van der Waals surface area contributed by atoms with Crippen molar-refractivity contribution < 1.29 is 19.8 Å². The summed E-state index contributed by atoms with van der Waals surface area (Å²) in [5, 5.41) is 15.6. The number of aliphatic carboxylic acids is 1. The van der Waals surface area contributed by atoms with Gasteiger partial charge in [-0.3, -0.25) is 4.79 Å². The fraction of sp³-hybridized carbons (Fsp3) is 0.750. The molecule has 0 aromatic carbocycles. The van der Waals surface area contributed by atoms with Crippen molar-refractivity contribution in [2.75, 3.05) is 7.11 Å². The first-order valence-corrected chi connectivity index (χ1v) is 3.88. The Labute approximate surface area is 77.1 Å². The Balaban J connectivity index is 0. The number of aliphatic hydroxyl groups excluding tert-OH is 1. The van der Waals surface area contributed by atoms with Crippen LogP contribution in [0.4, 0.5) is 0 Å². The molecule has 5 nitrogen and oxygen atoms in total. The number of nitrogens with zero attached hydrogens (tertiary/aromatic N) is 1. The normalized spacial score (nSPS) is 12.9. The monoisotopic (exact) mass is 189 g/mol. The van der Waals surface area contributed by atoms with Gasteiger partial charge in [-0.2, -0.15) is 0 Å². The SMILES string of the molecule is CCC(C(=O)O)C(C)N=C=O.CO. The summed E-state index contributed by atoms with van der Waals surface area (Å²) in [5.41, 5.74) is 0. The first-order valence-electron chi connectivity index (χ1n) is 3.88. The highest BCUT2D eigenvalue weighted by atomic mass is 16.4. The van der Waals surface area contributed by atoms with E-state index in [1.165, 1.54) is 6.08 Å². The van der Waals surface area contributed by atoms with Crippen molar-refractivity contribution in [2.45, 2.75) is 26.3 Å². The summed E-state index contributed by atoms with van der Waals surface area (Å²) in [5.74, 6) is -1.49. The zero-order chi connectivity index (χ0) is 10.9. The summed E-state index contributed by atoms with van der Waals surface area (Å²) >= 11 is 0. The van der Waals surface area contributed by atoms with E-state index >= 15 is 0 Å². The molecule has 0 spiro atoms. The smallest absolute Gasteiger partial charge is 0.308 e. The highest BCUT2D eigenvalue weighted by Crippen LogP contribution is 2.11. The van der Waals surface area contributed by atoms with E-state index in [1.807, 2.05) is 0 Å². The molecule has 5 heteroatoms. The van der Waals surface area contributed by atoms with Gasteiger partial charge in [-0.25, -0.2) is 9.79 Å². The van der Waals surface area contributed by atoms with E-state index in [4.69, 9.17) is 10.2 Å². The zero-order valence-corrected chi connectivity index (χ0v) is 8.02. The van der Waals surface area contributed by atoms with Gasteiger partial charge in [0, 0.05) is 7.11 Å². The van der Waals surface area contributed by atoms with E-state index < -0.39 is 17.9 Å². The Morgan fingerprint density at radius 3 is 2.23 bits per heavy atom. The summed E-state index contributed by atoms with van der Waals surface area (Å²) < 4.78 is 0. The molecule has 0 fully saturated rings. The van der Waals surface area contributed by atoms with Crippen LogP contribution in [0.2, 0.25) is 0 Å². The molecule has 76 valence electrons. The van der Waals surface area contributed by atoms with Crippen LogP contribution in [-0.2, 0) is 9.59 Å². The first-order chi connectivity index (χ1) is 6.13.